The number of hydrogen-bond donors (Lipinski definition) is 1. The molecule has 1 heterocycles. The first-order chi connectivity index (χ1) is 11.2. The highest BCUT2D eigenvalue weighted by atomic mass is 28.4. The van der Waals surface area contributed by atoms with Gasteiger partial charge in [0.1, 0.15) is 0 Å². The van der Waals surface area contributed by atoms with Gasteiger partial charge in [-0.3, -0.25) is 0 Å². The van der Waals surface area contributed by atoms with Crippen LogP contribution >= 0.6 is 0 Å². The second-order valence-electron chi connectivity index (χ2n) is 8.59. The summed E-state index contributed by atoms with van der Waals surface area (Å²) in [7, 11) is -1.68. The fraction of sp³-hybridized carbons (Fsp3) is 0.632. The molecule has 4 nitrogen and oxygen atoms in total. The van der Waals surface area contributed by atoms with Gasteiger partial charge in [-0.25, -0.2) is 0 Å². The summed E-state index contributed by atoms with van der Waals surface area (Å²) in [5.41, 5.74) is 3.06. The third kappa shape index (κ3) is 3.18. The SMILES string of the molecule is CC(C)(C)[Si](C)(C)OC1CC(N2CCNc3ccc(C#N)cc32)C1. The van der Waals surface area contributed by atoms with Crippen LogP contribution < -0.4 is 10.2 Å². The minimum absolute atomic E-state index is 0.265. The second-order valence-corrected chi connectivity index (χ2v) is 13.3. The number of rotatable bonds is 3. The Hall–Kier alpha value is -1.51. The van der Waals surface area contributed by atoms with Crippen LogP contribution in [0.1, 0.15) is 39.2 Å². The number of nitriles is 1. The molecule has 3 rings (SSSR count). The van der Waals surface area contributed by atoms with Gasteiger partial charge >= 0.3 is 0 Å². The highest BCUT2D eigenvalue weighted by Crippen LogP contribution is 2.42. The summed E-state index contributed by atoms with van der Waals surface area (Å²) in [6.45, 7) is 13.5. The normalized spacial score (nSPS) is 23.8. The summed E-state index contributed by atoms with van der Waals surface area (Å²) in [6.07, 6.45) is 2.60. The Labute approximate surface area is 146 Å². The third-order valence-electron chi connectivity index (χ3n) is 5.88. The van der Waals surface area contributed by atoms with E-state index in [-0.39, 0.29) is 5.04 Å². The van der Waals surface area contributed by atoms with E-state index in [0.717, 1.165) is 37.2 Å². The van der Waals surface area contributed by atoms with E-state index >= 15 is 0 Å². The lowest BCUT2D eigenvalue weighted by Gasteiger charge is -2.49. The Kier molecular flexibility index (Phi) is 4.39. The van der Waals surface area contributed by atoms with Crippen LogP contribution in [0.5, 0.6) is 0 Å². The molecule has 0 bridgehead atoms. The van der Waals surface area contributed by atoms with Crippen LogP contribution in [0.25, 0.3) is 0 Å². The zero-order valence-electron chi connectivity index (χ0n) is 15.5. The van der Waals surface area contributed by atoms with Gasteiger partial charge in [0.05, 0.1) is 23.0 Å². The zero-order chi connectivity index (χ0) is 17.5. The van der Waals surface area contributed by atoms with Crippen molar-refractivity contribution in [3.63, 3.8) is 0 Å². The van der Waals surface area contributed by atoms with Gasteiger partial charge in [-0.05, 0) is 49.2 Å². The molecule has 0 saturated heterocycles. The van der Waals surface area contributed by atoms with E-state index < -0.39 is 8.32 Å². The molecule has 1 N–H and O–H groups in total. The molecule has 0 radical (unpaired) electrons. The molecule has 0 unspecified atom stereocenters. The van der Waals surface area contributed by atoms with Crippen molar-refractivity contribution in [2.45, 2.75) is 63.9 Å². The van der Waals surface area contributed by atoms with E-state index in [0.29, 0.717) is 12.1 Å². The molecule has 1 aliphatic carbocycles. The zero-order valence-corrected chi connectivity index (χ0v) is 16.5. The van der Waals surface area contributed by atoms with Crippen LogP contribution in [-0.2, 0) is 4.43 Å². The van der Waals surface area contributed by atoms with Gasteiger partial charge in [-0.1, -0.05) is 20.8 Å². The first-order valence-electron chi connectivity index (χ1n) is 8.94. The van der Waals surface area contributed by atoms with Crippen LogP contribution in [0.4, 0.5) is 11.4 Å². The van der Waals surface area contributed by atoms with Crippen molar-refractivity contribution in [3.8, 4) is 6.07 Å². The Morgan fingerprint density at radius 3 is 2.62 bits per heavy atom. The van der Waals surface area contributed by atoms with Crippen molar-refractivity contribution >= 4 is 19.7 Å². The lowest BCUT2D eigenvalue weighted by molar-refractivity contribution is 0.0827. The molecule has 24 heavy (non-hydrogen) atoms. The van der Waals surface area contributed by atoms with E-state index in [1.807, 2.05) is 18.2 Å². The van der Waals surface area contributed by atoms with Gasteiger partial charge in [-0.2, -0.15) is 5.26 Å². The van der Waals surface area contributed by atoms with Crippen molar-refractivity contribution in [1.82, 2.24) is 0 Å². The molecule has 1 aromatic carbocycles. The average Bonchev–Trinajstić information content (AvgIpc) is 2.48. The largest absolute Gasteiger partial charge is 0.414 e. The predicted octanol–water partition coefficient (Wildman–Crippen LogP) is 4.34. The summed E-state index contributed by atoms with van der Waals surface area (Å²) in [5.74, 6) is 0. The van der Waals surface area contributed by atoms with E-state index in [1.165, 1.54) is 5.69 Å². The summed E-state index contributed by atoms with van der Waals surface area (Å²) in [5, 5.41) is 12.9. The molecule has 0 aromatic heterocycles. The quantitative estimate of drug-likeness (QED) is 0.829. The highest BCUT2D eigenvalue weighted by Gasteiger charge is 2.44. The van der Waals surface area contributed by atoms with Crippen molar-refractivity contribution in [1.29, 1.82) is 5.26 Å². The maximum Gasteiger partial charge on any atom is 0.192 e. The van der Waals surface area contributed by atoms with Crippen LogP contribution in [0.15, 0.2) is 18.2 Å². The molecule has 1 aliphatic heterocycles. The van der Waals surface area contributed by atoms with E-state index in [9.17, 15) is 5.26 Å². The number of nitrogens with zero attached hydrogens (tertiary/aromatic N) is 2. The maximum atomic E-state index is 9.18. The Bertz CT molecular complexity index is 654. The van der Waals surface area contributed by atoms with E-state index in [4.69, 9.17) is 4.43 Å². The Morgan fingerprint density at radius 1 is 1.29 bits per heavy atom. The molecule has 0 spiro atoms. The number of anilines is 2. The van der Waals surface area contributed by atoms with Gasteiger partial charge in [0.15, 0.2) is 8.32 Å². The molecule has 1 aromatic rings. The summed E-state index contributed by atoms with van der Waals surface area (Å²) >= 11 is 0. The molecule has 0 atom stereocenters. The van der Waals surface area contributed by atoms with Crippen molar-refractivity contribution in [3.05, 3.63) is 23.8 Å². The lowest BCUT2D eigenvalue weighted by Crippen LogP contribution is -2.55. The molecule has 130 valence electrons. The standard InChI is InChI=1S/C19H29N3OSi/c1-19(2,3)24(4,5)23-16-11-15(12-16)22-9-8-21-17-7-6-14(13-20)10-18(17)22/h6-7,10,15-16,21H,8-9,11-12H2,1-5H3. The van der Waals surface area contributed by atoms with Gasteiger partial charge < -0.3 is 14.6 Å². The highest BCUT2D eigenvalue weighted by molar-refractivity contribution is 6.74. The molecule has 5 heteroatoms. The average molecular weight is 344 g/mol. The first-order valence-corrected chi connectivity index (χ1v) is 11.8. The summed E-state index contributed by atoms with van der Waals surface area (Å²) in [4.78, 5) is 2.47. The molecule has 1 saturated carbocycles. The molecular weight excluding hydrogens is 314 g/mol. The summed E-state index contributed by atoms with van der Waals surface area (Å²) < 4.78 is 6.54. The van der Waals surface area contributed by atoms with Crippen LogP contribution in [0, 0.1) is 11.3 Å². The van der Waals surface area contributed by atoms with Gasteiger partial charge in [0, 0.05) is 25.2 Å². The summed E-state index contributed by atoms with van der Waals surface area (Å²) in [6, 6.07) is 8.73. The maximum absolute atomic E-state index is 9.18. The molecule has 2 aliphatic rings. The third-order valence-corrected chi connectivity index (χ3v) is 10.4. The van der Waals surface area contributed by atoms with Gasteiger partial charge in [-0.15, -0.1) is 0 Å². The van der Waals surface area contributed by atoms with Crippen LogP contribution in [0.3, 0.4) is 0 Å². The fourth-order valence-corrected chi connectivity index (χ4v) is 4.66. The topological polar surface area (TPSA) is 48.3 Å². The van der Waals surface area contributed by atoms with E-state index in [1.54, 1.807) is 0 Å². The van der Waals surface area contributed by atoms with Crippen molar-refractivity contribution in [2.24, 2.45) is 0 Å². The molecule has 1 fully saturated rings. The van der Waals surface area contributed by atoms with Crippen molar-refractivity contribution < 1.29 is 4.43 Å². The van der Waals surface area contributed by atoms with Crippen molar-refractivity contribution in [2.75, 3.05) is 23.3 Å². The van der Waals surface area contributed by atoms with Crippen LogP contribution in [0.2, 0.25) is 18.1 Å². The minimum Gasteiger partial charge on any atom is -0.414 e. The fourth-order valence-electron chi connectivity index (χ4n) is 3.28. The van der Waals surface area contributed by atoms with Gasteiger partial charge in [0.25, 0.3) is 0 Å². The van der Waals surface area contributed by atoms with Gasteiger partial charge in [0.2, 0.25) is 0 Å². The molecule has 0 amide bonds. The molecular formula is C19H29N3OSi. The monoisotopic (exact) mass is 343 g/mol. The lowest BCUT2D eigenvalue weighted by atomic mass is 9.87. The Balaban J connectivity index is 1.67. The van der Waals surface area contributed by atoms with Crippen LogP contribution in [-0.4, -0.2) is 33.6 Å². The number of benzene rings is 1. The first kappa shape index (κ1) is 17.3. The van der Waals surface area contributed by atoms with E-state index in [2.05, 4.69) is 50.2 Å². The number of hydrogen-bond acceptors (Lipinski definition) is 4. The predicted molar refractivity (Wildman–Crippen MR) is 102 cm³/mol. The minimum atomic E-state index is -1.68. The second kappa shape index (κ2) is 6.09. The smallest absolute Gasteiger partial charge is 0.192 e. The Morgan fingerprint density at radius 2 is 2.00 bits per heavy atom. The number of nitrogens with one attached hydrogen (secondary N) is 1. The number of fused-ring (bicyclic) bond motifs is 1.